The number of anilines is 2. The van der Waals surface area contributed by atoms with Gasteiger partial charge in [0, 0.05) is 63.8 Å². The van der Waals surface area contributed by atoms with E-state index in [0.717, 1.165) is 62.8 Å². The molecule has 0 aromatic carbocycles. The third-order valence-corrected chi connectivity index (χ3v) is 4.54. The Morgan fingerprint density at radius 2 is 1.84 bits per heavy atom. The zero-order chi connectivity index (χ0) is 17.8. The van der Waals surface area contributed by atoms with Crippen LogP contribution in [0.25, 0.3) is 0 Å². The van der Waals surface area contributed by atoms with Gasteiger partial charge >= 0.3 is 0 Å². The van der Waals surface area contributed by atoms with Crippen LogP contribution in [0, 0.1) is 6.92 Å². The monoisotopic (exact) mass is 342 g/mol. The fourth-order valence-electron chi connectivity index (χ4n) is 3.07. The highest BCUT2D eigenvalue weighted by Gasteiger charge is 2.21. The summed E-state index contributed by atoms with van der Waals surface area (Å²) in [5.74, 6) is 2.46. The molecule has 3 rings (SSSR count). The van der Waals surface area contributed by atoms with Crippen molar-refractivity contribution in [3.05, 3.63) is 40.3 Å². The van der Waals surface area contributed by atoms with E-state index in [1.165, 1.54) is 0 Å². The molecule has 0 N–H and O–H groups in total. The molecule has 134 valence electrons. The number of hydrogen-bond acceptors (Lipinski definition) is 6. The molecule has 25 heavy (non-hydrogen) atoms. The van der Waals surface area contributed by atoms with E-state index in [9.17, 15) is 4.79 Å². The molecule has 0 spiro atoms. The van der Waals surface area contributed by atoms with Gasteiger partial charge in [0.1, 0.15) is 11.6 Å². The molecule has 1 aliphatic rings. The maximum absolute atomic E-state index is 12.2. The fourth-order valence-corrected chi connectivity index (χ4v) is 3.07. The van der Waals surface area contributed by atoms with Crippen molar-refractivity contribution >= 4 is 11.6 Å². The van der Waals surface area contributed by atoms with E-state index in [0.29, 0.717) is 5.82 Å². The van der Waals surface area contributed by atoms with Crippen LogP contribution >= 0.6 is 0 Å². The molecule has 0 radical (unpaired) electrons. The van der Waals surface area contributed by atoms with E-state index in [-0.39, 0.29) is 5.56 Å². The molecular formula is C18H26N6O. The standard InChI is InChI=1S/C18H26N6O/c1-4-5-6-15-20-14(2)13-16(21-15)23-9-11-24(12-10-23)17-18(25)22(3)8-7-19-17/h7-8,13H,4-6,9-12H2,1-3H3. The molecule has 0 unspecified atom stereocenters. The highest BCUT2D eigenvalue weighted by atomic mass is 16.1. The van der Waals surface area contributed by atoms with Crippen LogP contribution in [0.5, 0.6) is 0 Å². The minimum absolute atomic E-state index is 0.0457. The summed E-state index contributed by atoms with van der Waals surface area (Å²) in [5.41, 5.74) is 0.966. The normalized spacial score (nSPS) is 14.8. The molecule has 0 atom stereocenters. The summed E-state index contributed by atoms with van der Waals surface area (Å²) in [5, 5.41) is 0. The summed E-state index contributed by atoms with van der Waals surface area (Å²) in [6.45, 7) is 7.37. The quantitative estimate of drug-likeness (QED) is 0.821. The molecule has 1 saturated heterocycles. The highest BCUT2D eigenvalue weighted by Crippen LogP contribution is 2.17. The smallest absolute Gasteiger partial charge is 0.293 e. The van der Waals surface area contributed by atoms with Crippen LogP contribution in [0.4, 0.5) is 11.6 Å². The Hall–Kier alpha value is -2.44. The van der Waals surface area contributed by atoms with Crippen LogP contribution in [0.2, 0.25) is 0 Å². The summed E-state index contributed by atoms with van der Waals surface area (Å²) in [7, 11) is 1.76. The van der Waals surface area contributed by atoms with Crippen LogP contribution in [-0.2, 0) is 13.5 Å². The van der Waals surface area contributed by atoms with Crippen molar-refractivity contribution in [1.29, 1.82) is 0 Å². The van der Waals surface area contributed by atoms with Gasteiger partial charge in [0.15, 0.2) is 5.82 Å². The molecule has 0 aliphatic carbocycles. The molecule has 2 aromatic rings. The zero-order valence-corrected chi connectivity index (χ0v) is 15.3. The lowest BCUT2D eigenvalue weighted by atomic mass is 10.2. The van der Waals surface area contributed by atoms with Crippen LogP contribution in [-0.4, -0.2) is 45.7 Å². The van der Waals surface area contributed by atoms with Crippen molar-refractivity contribution < 1.29 is 0 Å². The minimum atomic E-state index is -0.0457. The number of nitrogens with zero attached hydrogens (tertiary/aromatic N) is 6. The van der Waals surface area contributed by atoms with Gasteiger partial charge in [0.2, 0.25) is 0 Å². The van der Waals surface area contributed by atoms with Gasteiger partial charge in [-0.15, -0.1) is 0 Å². The highest BCUT2D eigenvalue weighted by molar-refractivity contribution is 5.44. The van der Waals surface area contributed by atoms with E-state index in [1.807, 2.05) is 13.0 Å². The molecule has 1 fully saturated rings. The number of hydrogen-bond donors (Lipinski definition) is 0. The maximum atomic E-state index is 12.2. The second kappa shape index (κ2) is 7.63. The number of piperazine rings is 1. The first-order chi connectivity index (χ1) is 12.1. The summed E-state index contributed by atoms with van der Waals surface area (Å²) >= 11 is 0. The van der Waals surface area contributed by atoms with E-state index in [4.69, 9.17) is 4.98 Å². The third kappa shape index (κ3) is 3.97. The van der Waals surface area contributed by atoms with Gasteiger partial charge in [-0.3, -0.25) is 4.79 Å². The second-order valence-corrected chi connectivity index (χ2v) is 6.53. The second-order valence-electron chi connectivity index (χ2n) is 6.53. The lowest BCUT2D eigenvalue weighted by Crippen LogP contribution is -2.49. The van der Waals surface area contributed by atoms with Crippen molar-refractivity contribution in [3.8, 4) is 0 Å². The lowest BCUT2D eigenvalue weighted by Gasteiger charge is -2.35. The number of unbranched alkanes of at least 4 members (excludes halogenated alkanes) is 1. The van der Waals surface area contributed by atoms with Crippen molar-refractivity contribution in [3.63, 3.8) is 0 Å². The maximum Gasteiger partial charge on any atom is 0.293 e. The van der Waals surface area contributed by atoms with E-state index >= 15 is 0 Å². The van der Waals surface area contributed by atoms with E-state index in [1.54, 1.807) is 24.0 Å². The Morgan fingerprint density at radius 3 is 2.56 bits per heavy atom. The van der Waals surface area contributed by atoms with Crippen LogP contribution < -0.4 is 15.4 Å². The summed E-state index contributed by atoms with van der Waals surface area (Å²) in [6.07, 6.45) is 6.54. The van der Waals surface area contributed by atoms with Gasteiger partial charge in [-0.1, -0.05) is 13.3 Å². The fraction of sp³-hybridized carbons (Fsp3) is 0.556. The largest absolute Gasteiger partial charge is 0.353 e. The first-order valence-corrected chi connectivity index (χ1v) is 8.94. The molecule has 7 heteroatoms. The topological polar surface area (TPSA) is 67.2 Å². The Bertz CT molecular complexity index is 779. The van der Waals surface area contributed by atoms with Crippen molar-refractivity contribution in [2.24, 2.45) is 7.05 Å². The average molecular weight is 342 g/mol. The Kier molecular flexibility index (Phi) is 5.31. The number of aromatic nitrogens is 4. The Morgan fingerprint density at radius 1 is 1.12 bits per heavy atom. The average Bonchev–Trinajstić information content (AvgIpc) is 2.62. The molecule has 0 bridgehead atoms. The predicted molar refractivity (Wildman–Crippen MR) is 99.3 cm³/mol. The van der Waals surface area contributed by atoms with Gasteiger partial charge in [0.25, 0.3) is 5.56 Å². The minimum Gasteiger partial charge on any atom is -0.353 e. The van der Waals surface area contributed by atoms with Crippen molar-refractivity contribution in [1.82, 2.24) is 19.5 Å². The summed E-state index contributed by atoms with van der Waals surface area (Å²) in [4.78, 5) is 30.1. The van der Waals surface area contributed by atoms with Crippen LogP contribution in [0.3, 0.4) is 0 Å². The van der Waals surface area contributed by atoms with Crippen molar-refractivity contribution in [2.45, 2.75) is 33.1 Å². The van der Waals surface area contributed by atoms with Crippen LogP contribution in [0.15, 0.2) is 23.3 Å². The number of aryl methyl sites for hydroxylation is 3. The Balaban J connectivity index is 1.71. The van der Waals surface area contributed by atoms with Gasteiger partial charge in [-0.05, 0) is 13.3 Å². The predicted octanol–water partition coefficient (Wildman–Crippen LogP) is 1.55. The van der Waals surface area contributed by atoms with Gasteiger partial charge < -0.3 is 14.4 Å². The first-order valence-electron chi connectivity index (χ1n) is 8.94. The van der Waals surface area contributed by atoms with E-state index in [2.05, 4.69) is 26.7 Å². The third-order valence-electron chi connectivity index (χ3n) is 4.54. The number of rotatable bonds is 5. The first kappa shape index (κ1) is 17.4. The summed E-state index contributed by atoms with van der Waals surface area (Å²) < 4.78 is 1.57. The van der Waals surface area contributed by atoms with Crippen LogP contribution in [0.1, 0.15) is 31.3 Å². The molecule has 3 heterocycles. The molecular weight excluding hydrogens is 316 g/mol. The molecule has 0 amide bonds. The van der Waals surface area contributed by atoms with Gasteiger partial charge in [-0.25, -0.2) is 15.0 Å². The SMILES string of the molecule is CCCCc1nc(C)cc(N2CCN(c3nccn(C)c3=O)CC2)n1. The van der Waals surface area contributed by atoms with Gasteiger partial charge in [0.05, 0.1) is 0 Å². The molecule has 7 nitrogen and oxygen atoms in total. The molecule has 2 aromatic heterocycles. The zero-order valence-electron chi connectivity index (χ0n) is 15.3. The summed E-state index contributed by atoms with van der Waals surface area (Å²) in [6, 6.07) is 2.05. The van der Waals surface area contributed by atoms with E-state index < -0.39 is 0 Å². The molecule has 1 aliphatic heterocycles. The van der Waals surface area contributed by atoms with Gasteiger partial charge in [-0.2, -0.15) is 0 Å². The van der Waals surface area contributed by atoms with Crippen molar-refractivity contribution in [2.75, 3.05) is 36.0 Å². The lowest BCUT2D eigenvalue weighted by molar-refractivity contribution is 0.630. The Labute approximate surface area is 148 Å². The molecule has 0 saturated carbocycles.